The van der Waals surface area contributed by atoms with Gasteiger partial charge in [0.05, 0.1) is 5.60 Å². The fourth-order valence-electron chi connectivity index (χ4n) is 3.44. The molecule has 1 aromatic rings. The van der Waals surface area contributed by atoms with Gasteiger partial charge in [0.25, 0.3) is 0 Å². The molecule has 0 radical (unpaired) electrons. The van der Waals surface area contributed by atoms with E-state index in [-0.39, 0.29) is 11.6 Å². The van der Waals surface area contributed by atoms with Gasteiger partial charge < -0.3 is 9.30 Å². The van der Waals surface area contributed by atoms with E-state index in [1.54, 1.807) is 0 Å². The van der Waals surface area contributed by atoms with Gasteiger partial charge in [-0.15, -0.1) is 0 Å². The second-order valence-corrected chi connectivity index (χ2v) is 5.58. The predicted molar refractivity (Wildman–Crippen MR) is 80.0 cm³/mol. The molecular weight excluding hydrogens is 252 g/mol. The molecule has 20 heavy (non-hydrogen) atoms. The molecule has 0 spiro atoms. The van der Waals surface area contributed by atoms with Crippen molar-refractivity contribution in [3.8, 4) is 0 Å². The lowest BCUT2D eigenvalue weighted by atomic mass is 9.85. The van der Waals surface area contributed by atoms with E-state index in [4.69, 9.17) is 10.6 Å². The second kappa shape index (κ2) is 7.20. The monoisotopic (exact) mass is 280 g/mol. The maximum Gasteiger partial charge on any atom is 0.130 e. The molecule has 114 valence electrons. The van der Waals surface area contributed by atoms with Crippen LogP contribution >= 0.6 is 0 Å². The highest BCUT2D eigenvalue weighted by molar-refractivity contribution is 5.08. The number of hydrazine groups is 1. The highest BCUT2D eigenvalue weighted by Gasteiger charge is 2.42. The average Bonchev–Trinajstić information content (AvgIpc) is 2.79. The van der Waals surface area contributed by atoms with Crippen LogP contribution in [0, 0.1) is 0 Å². The van der Waals surface area contributed by atoms with Crippen molar-refractivity contribution in [2.45, 2.75) is 70.6 Å². The van der Waals surface area contributed by atoms with Crippen LogP contribution in [-0.4, -0.2) is 21.8 Å². The van der Waals surface area contributed by atoms with E-state index in [1.165, 1.54) is 25.7 Å². The number of rotatable bonds is 6. The number of nitrogens with zero attached hydrogens (tertiary/aromatic N) is 2. The summed E-state index contributed by atoms with van der Waals surface area (Å²) in [6, 6.07) is -0.0458. The molecule has 1 atom stereocenters. The first kappa shape index (κ1) is 15.5. The highest BCUT2D eigenvalue weighted by atomic mass is 16.5. The standard InChI is InChI=1S/C15H28N4O/c1-3-19-12-11-17-14(19)13(18-16)15(20-4-2)9-7-5-6-8-10-15/h11-13,18H,3-10,16H2,1-2H3. The maximum absolute atomic E-state index is 6.23. The van der Waals surface area contributed by atoms with Gasteiger partial charge in [0.2, 0.25) is 0 Å². The summed E-state index contributed by atoms with van der Waals surface area (Å²) in [7, 11) is 0. The minimum Gasteiger partial charge on any atom is -0.373 e. The zero-order valence-electron chi connectivity index (χ0n) is 12.8. The highest BCUT2D eigenvalue weighted by Crippen LogP contribution is 2.39. The summed E-state index contributed by atoms with van der Waals surface area (Å²) in [4.78, 5) is 4.53. The van der Waals surface area contributed by atoms with E-state index in [2.05, 4.69) is 28.8 Å². The molecule has 2 rings (SSSR count). The number of imidazole rings is 1. The summed E-state index contributed by atoms with van der Waals surface area (Å²) < 4.78 is 8.38. The maximum atomic E-state index is 6.23. The van der Waals surface area contributed by atoms with Crippen LogP contribution in [0.25, 0.3) is 0 Å². The van der Waals surface area contributed by atoms with Crippen molar-refractivity contribution < 1.29 is 4.74 Å². The first-order valence-corrected chi connectivity index (χ1v) is 7.88. The van der Waals surface area contributed by atoms with Crippen molar-refractivity contribution in [1.29, 1.82) is 0 Å². The minimum absolute atomic E-state index is 0.0458. The summed E-state index contributed by atoms with van der Waals surface area (Å²) in [5.41, 5.74) is 2.77. The Hall–Kier alpha value is -0.910. The van der Waals surface area contributed by atoms with Gasteiger partial charge in [0.15, 0.2) is 0 Å². The van der Waals surface area contributed by atoms with Gasteiger partial charge in [-0.1, -0.05) is 25.7 Å². The molecule has 0 amide bonds. The number of hydrogen-bond donors (Lipinski definition) is 2. The molecule has 1 saturated carbocycles. The Labute approximate surface area is 121 Å². The lowest BCUT2D eigenvalue weighted by Gasteiger charge is -2.39. The summed E-state index contributed by atoms with van der Waals surface area (Å²) in [6.45, 7) is 5.80. The molecule has 0 saturated heterocycles. The zero-order valence-corrected chi connectivity index (χ0v) is 12.8. The lowest BCUT2D eigenvalue weighted by Crippen LogP contribution is -2.49. The van der Waals surface area contributed by atoms with Crippen LogP contribution in [0.2, 0.25) is 0 Å². The molecule has 0 bridgehead atoms. The van der Waals surface area contributed by atoms with Gasteiger partial charge in [-0.2, -0.15) is 0 Å². The van der Waals surface area contributed by atoms with Gasteiger partial charge in [0, 0.05) is 25.5 Å². The second-order valence-electron chi connectivity index (χ2n) is 5.58. The molecule has 0 aromatic carbocycles. The van der Waals surface area contributed by atoms with Gasteiger partial charge in [-0.25, -0.2) is 10.4 Å². The molecule has 1 unspecified atom stereocenters. The van der Waals surface area contributed by atoms with Crippen LogP contribution in [0.3, 0.4) is 0 Å². The number of ether oxygens (including phenoxy) is 1. The Morgan fingerprint density at radius 3 is 2.60 bits per heavy atom. The molecule has 1 heterocycles. The third kappa shape index (κ3) is 3.05. The zero-order chi connectivity index (χ0) is 14.4. The normalized spacial score (nSPS) is 20.6. The third-order valence-corrected chi connectivity index (χ3v) is 4.42. The van der Waals surface area contributed by atoms with Crippen molar-refractivity contribution in [1.82, 2.24) is 15.0 Å². The molecular formula is C15H28N4O. The Morgan fingerprint density at radius 2 is 2.05 bits per heavy atom. The Bertz CT molecular complexity index is 396. The van der Waals surface area contributed by atoms with Crippen molar-refractivity contribution in [3.63, 3.8) is 0 Å². The number of nitrogens with one attached hydrogen (secondary N) is 1. The van der Waals surface area contributed by atoms with Crippen LogP contribution in [-0.2, 0) is 11.3 Å². The smallest absolute Gasteiger partial charge is 0.130 e. The lowest BCUT2D eigenvalue weighted by molar-refractivity contribution is -0.0807. The molecule has 5 nitrogen and oxygen atoms in total. The van der Waals surface area contributed by atoms with E-state index in [0.717, 1.165) is 25.2 Å². The molecule has 1 fully saturated rings. The quantitative estimate of drug-likeness (QED) is 0.477. The van der Waals surface area contributed by atoms with Gasteiger partial charge in [-0.3, -0.25) is 5.84 Å². The predicted octanol–water partition coefficient (Wildman–Crippen LogP) is 2.54. The third-order valence-electron chi connectivity index (χ3n) is 4.42. The van der Waals surface area contributed by atoms with E-state index in [1.807, 2.05) is 12.4 Å². The Morgan fingerprint density at radius 1 is 1.35 bits per heavy atom. The molecule has 0 aliphatic heterocycles. The van der Waals surface area contributed by atoms with E-state index in [9.17, 15) is 0 Å². The molecule has 5 heteroatoms. The van der Waals surface area contributed by atoms with Crippen LogP contribution in [0.15, 0.2) is 12.4 Å². The first-order valence-electron chi connectivity index (χ1n) is 7.88. The largest absolute Gasteiger partial charge is 0.373 e. The Kier molecular flexibility index (Phi) is 5.57. The van der Waals surface area contributed by atoms with Crippen LogP contribution in [0.5, 0.6) is 0 Å². The van der Waals surface area contributed by atoms with Gasteiger partial charge in [0.1, 0.15) is 11.9 Å². The van der Waals surface area contributed by atoms with E-state index in [0.29, 0.717) is 6.61 Å². The van der Waals surface area contributed by atoms with Crippen molar-refractivity contribution in [2.75, 3.05) is 6.61 Å². The molecule has 1 aromatic heterocycles. The van der Waals surface area contributed by atoms with Crippen LogP contribution < -0.4 is 11.3 Å². The topological polar surface area (TPSA) is 65.1 Å². The van der Waals surface area contributed by atoms with Crippen LogP contribution in [0.1, 0.15) is 64.2 Å². The molecule has 1 aliphatic carbocycles. The SMILES string of the molecule is CCOC1(C(NN)c2nccn2CC)CCCCCC1. The van der Waals surface area contributed by atoms with E-state index >= 15 is 0 Å². The first-order chi connectivity index (χ1) is 9.77. The fourth-order valence-corrected chi connectivity index (χ4v) is 3.44. The van der Waals surface area contributed by atoms with Gasteiger partial charge in [-0.05, 0) is 26.7 Å². The average molecular weight is 280 g/mol. The summed E-state index contributed by atoms with van der Waals surface area (Å²) in [5.74, 6) is 6.89. The number of hydrogen-bond acceptors (Lipinski definition) is 4. The molecule has 1 aliphatic rings. The number of nitrogens with two attached hydrogens (primary N) is 1. The number of aryl methyl sites for hydroxylation is 1. The van der Waals surface area contributed by atoms with Crippen molar-refractivity contribution in [3.05, 3.63) is 18.2 Å². The summed E-state index contributed by atoms with van der Waals surface area (Å²) in [6.07, 6.45) is 10.9. The Balaban J connectivity index is 2.33. The van der Waals surface area contributed by atoms with Crippen molar-refractivity contribution >= 4 is 0 Å². The van der Waals surface area contributed by atoms with Crippen molar-refractivity contribution in [2.24, 2.45) is 5.84 Å². The number of aromatic nitrogens is 2. The van der Waals surface area contributed by atoms with Gasteiger partial charge >= 0.3 is 0 Å². The van der Waals surface area contributed by atoms with Crippen LogP contribution in [0.4, 0.5) is 0 Å². The van der Waals surface area contributed by atoms with E-state index < -0.39 is 0 Å². The minimum atomic E-state index is -0.224. The molecule has 3 N–H and O–H groups in total. The summed E-state index contributed by atoms with van der Waals surface area (Å²) >= 11 is 0. The fraction of sp³-hybridized carbons (Fsp3) is 0.800. The summed E-state index contributed by atoms with van der Waals surface area (Å²) in [5, 5.41) is 0.